The molecule has 3 nitrogen and oxygen atoms in total. The minimum absolute atomic E-state index is 0.207. The molecule has 0 radical (unpaired) electrons. The standard InChI is InChI=1S/C25H31F3N2O/c1-2-6-24(31)21-12-10-20(11-13-21)7-3-4-14-29-15-17-30(18-16-29)23-9-5-8-22(19-23)25(26,27)28/h5,8-13,19H,2-4,6-7,14-18H2,1H3. The molecule has 2 aromatic rings. The Bertz CT molecular complexity index is 841. The Morgan fingerprint density at radius 2 is 1.68 bits per heavy atom. The van der Waals surface area contributed by atoms with Crippen molar-refractivity contribution < 1.29 is 18.0 Å². The van der Waals surface area contributed by atoms with Crippen molar-refractivity contribution in [2.45, 2.75) is 45.2 Å². The summed E-state index contributed by atoms with van der Waals surface area (Å²) in [7, 11) is 0. The number of rotatable bonds is 9. The summed E-state index contributed by atoms with van der Waals surface area (Å²) >= 11 is 0. The van der Waals surface area contributed by atoms with Gasteiger partial charge in [-0.15, -0.1) is 0 Å². The average molecular weight is 433 g/mol. The number of ketones is 1. The van der Waals surface area contributed by atoms with Gasteiger partial charge in [-0.2, -0.15) is 13.2 Å². The molecule has 31 heavy (non-hydrogen) atoms. The van der Waals surface area contributed by atoms with Crippen LogP contribution in [0.3, 0.4) is 0 Å². The number of hydrogen-bond donors (Lipinski definition) is 0. The van der Waals surface area contributed by atoms with Gasteiger partial charge < -0.3 is 4.90 Å². The van der Waals surface area contributed by atoms with Crippen molar-refractivity contribution >= 4 is 11.5 Å². The fourth-order valence-electron chi connectivity index (χ4n) is 4.00. The van der Waals surface area contributed by atoms with Crippen LogP contribution < -0.4 is 4.90 Å². The lowest BCUT2D eigenvalue weighted by Gasteiger charge is -2.36. The first-order chi connectivity index (χ1) is 14.9. The van der Waals surface area contributed by atoms with Crippen LogP contribution in [0.5, 0.6) is 0 Å². The lowest BCUT2D eigenvalue weighted by Crippen LogP contribution is -2.46. The van der Waals surface area contributed by atoms with E-state index in [1.165, 1.54) is 17.7 Å². The second-order valence-electron chi connectivity index (χ2n) is 8.20. The van der Waals surface area contributed by atoms with Crippen molar-refractivity contribution in [3.05, 3.63) is 65.2 Å². The lowest BCUT2D eigenvalue weighted by molar-refractivity contribution is -0.137. The van der Waals surface area contributed by atoms with Gasteiger partial charge in [-0.05, 0) is 56.0 Å². The molecule has 0 aromatic heterocycles. The Morgan fingerprint density at radius 1 is 0.968 bits per heavy atom. The van der Waals surface area contributed by atoms with Crippen molar-refractivity contribution in [2.24, 2.45) is 0 Å². The van der Waals surface area contributed by atoms with Gasteiger partial charge >= 0.3 is 6.18 Å². The summed E-state index contributed by atoms with van der Waals surface area (Å²) < 4.78 is 38.8. The number of carbonyl (C=O) groups is 1. The fourth-order valence-corrected chi connectivity index (χ4v) is 4.00. The first-order valence-electron chi connectivity index (χ1n) is 11.1. The summed E-state index contributed by atoms with van der Waals surface area (Å²) in [5.41, 5.74) is 2.11. The SMILES string of the molecule is CCCC(=O)c1ccc(CCCCN2CCN(c3cccc(C(F)(F)F)c3)CC2)cc1. The summed E-state index contributed by atoms with van der Waals surface area (Å²) in [6, 6.07) is 13.6. The number of nitrogens with zero attached hydrogens (tertiary/aromatic N) is 2. The number of alkyl halides is 3. The molecule has 1 fully saturated rings. The lowest BCUT2D eigenvalue weighted by atomic mass is 10.0. The van der Waals surface area contributed by atoms with E-state index in [-0.39, 0.29) is 5.78 Å². The van der Waals surface area contributed by atoms with E-state index < -0.39 is 11.7 Å². The first-order valence-corrected chi connectivity index (χ1v) is 11.1. The quantitative estimate of drug-likeness (QED) is 0.368. The average Bonchev–Trinajstić information content (AvgIpc) is 2.77. The molecule has 0 spiro atoms. The van der Waals surface area contributed by atoms with Crippen LogP contribution in [0, 0.1) is 0 Å². The molecule has 0 atom stereocenters. The van der Waals surface area contributed by atoms with E-state index >= 15 is 0 Å². The Balaban J connectivity index is 1.38. The molecule has 0 bridgehead atoms. The Hall–Kier alpha value is -2.34. The number of aryl methyl sites for hydroxylation is 1. The second kappa shape index (κ2) is 10.8. The summed E-state index contributed by atoms with van der Waals surface area (Å²) in [5, 5.41) is 0. The van der Waals surface area contributed by atoms with Gasteiger partial charge in [0.05, 0.1) is 5.56 Å². The Kier molecular flexibility index (Phi) is 8.13. The number of piperazine rings is 1. The monoisotopic (exact) mass is 432 g/mol. The van der Waals surface area contributed by atoms with Gasteiger partial charge in [0.25, 0.3) is 0 Å². The van der Waals surface area contributed by atoms with E-state index in [0.717, 1.165) is 70.0 Å². The van der Waals surface area contributed by atoms with Crippen molar-refractivity contribution in [3.8, 4) is 0 Å². The van der Waals surface area contributed by atoms with Crippen molar-refractivity contribution in [1.82, 2.24) is 4.90 Å². The Labute approximate surface area is 182 Å². The molecular formula is C25H31F3N2O. The number of unbranched alkanes of at least 4 members (excludes halogenated alkanes) is 1. The van der Waals surface area contributed by atoms with Crippen LogP contribution in [0.1, 0.15) is 54.1 Å². The Morgan fingerprint density at radius 3 is 2.32 bits per heavy atom. The van der Waals surface area contributed by atoms with Gasteiger partial charge in [-0.25, -0.2) is 0 Å². The van der Waals surface area contributed by atoms with Crippen LogP contribution in [-0.4, -0.2) is 43.4 Å². The topological polar surface area (TPSA) is 23.6 Å². The van der Waals surface area contributed by atoms with E-state index in [0.29, 0.717) is 12.1 Å². The van der Waals surface area contributed by atoms with Gasteiger partial charge in [-0.1, -0.05) is 37.3 Å². The second-order valence-corrected chi connectivity index (χ2v) is 8.20. The van der Waals surface area contributed by atoms with E-state index in [9.17, 15) is 18.0 Å². The highest BCUT2D eigenvalue weighted by molar-refractivity contribution is 5.96. The summed E-state index contributed by atoms with van der Waals surface area (Å²) in [5.74, 6) is 0.207. The van der Waals surface area contributed by atoms with Gasteiger partial charge in [0.15, 0.2) is 5.78 Å². The maximum atomic E-state index is 12.9. The van der Waals surface area contributed by atoms with Crippen LogP contribution in [0.25, 0.3) is 0 Å². The highest BCUT2D eigenvalue weighted by Crippen LogP contribution is 2.31. The molecule has 0 unspecified atom stereocenters. The molecule has 1 heterocycles. The molecule has 1 saturated heterocycles. The number of halogens is 3. The van der Waals surface area contributed by atoms with Crippen LogP contribution in [-0.2, 0) is 12.6 Å². The molecule has 168 valence electrons. The van der Waals surface area contributed by atoms with Crippen LogP contribution in [0.2, 0.25) is 0 Å². The number of benzene rings is 2. The third-order valence-electron chi connectivity index (χ3n) is 5.85. The van der Waals surface area contributed by atoms with Crippen molar-refractivity contribution in [2.75, 3.05) is 37.6 Å². The van der Waals surface area contributed by atoms with Crippen LogP contribution >= 0.6 is 0 Å². The zero-order valence-electron chi connectivity index (χ0n) is 18.1. The highest BCUT2D eigenvalue weighted by atomic mass is 19.4. The molecule has 0 N–H and O–H groups in total. The van der Waals surface area contributed by atoms with E-state index in [4.69, 9.17) is 0 Å². The minimum atomic E-state index is -4.30. The van der Waals surface area contributed by atoms with Gasteiger partial charge in [-0.3, -0.25) is 9.69 Å². The number of carbonyl (C=O) groups excluding carboxylic acids is 1. The van der Waals surface area contributed by atoms with Gasteiger partial charge in [0, 0.05) is 43.9 Å². The molecular weight excluding hydrogens is 401 g/mol. The normalized spacial score (nSPS) is 15.3. The van der Waals surface area contributed by atoms with Crippen LogP contribution in [0.4, 0.5) is 18.9 Å². The molecule has 0 aliphatic carbocycles. The highest BCUT2D eigenvalue weighted by Gasteiger charge is 2.31. The molecule has 0 amide bonds. The van der Waals surface area contributed by atoms with Gasteiger partial charge in [0.2, 0.25) is 0 Å². The summed E-state index contributed by atoms with van der Waals surface area (Å²) in [6.45, 7) is 6.24. The van der Waals surface area contributed by atoms with E-state index in [2.05, 4.69) is 17.0 Å². The molecule has 0 saturated carbocycles. The fraction of sp³-hybridized carbons (Fsp3) is 0.480. The molecule has 3 rings (SSSR count). The maximum Gasteiger partial charge on any atom is 0.416 e. The molecule has 1 aliphatic heterocycles. The largest absolute Gasteiger partial charge is 0.416 e. The zero-order valence-corrected chi connectivity index (χ0v) is 18.1. The van der Waals surface area contributed by atoms with Crippen molar-refractivity contribution in [3.63, 3.8) is 0 Å². The number of Topliss-reactive ketones (excluding diaryl/α,β-unsaturated/α-hetero) is 1. The smallest absolute Gasteiger partial charge is 0.369 e. The maximum absolute atomic E-state index is 12.9. The predicted molar refractivity (Wildman–Crippen MR) is 119 cm³/mol. The molecule has 2 aromatic carbocycles. The van der Waals surface area contributed by atoms with Gasteiger partial charge in [0.1, 0.15) is 0 Å². The van der Waals surface area contributed by atoms with Crippen LogP contribution in [0.15, 0.2) is 48.5 Å². The van der Waals surface area contributed by atoms with E-state index in [1.807, 2.05) is 24.0 Å². The molecule has 1 aliphatic rings. The number of anilines is 1. The zero-order chi connectivity index (χ0) is 22.3. The molecule has 6 heteroatoms. The minimum Gasteiger partial charge on any atom is -0.369 e. The van der Waals surface area contributed by atoms with Crippen molar-refractivity contribution in [1.29, 1.82) is 0 Å². The van der Waals surface area contributed by atoms with E-state index in [1.54, 1.807) is 6.07 Å². The predicted octanol–water partition coefficient (Wildman–Crippen LogP) is 5.83. The number of hydrogen-bond acceptors (Lipinski definition) is 3. The third kappa shape index (κ3) is 6.82. The third-order valence-corrected chi connectivity index (χ3v) is 5.85. The summed E-state index contributed by atoms with van der Waals surface area (Å²) in [4.78, 5) is 16.3. The first kappa shape index (κ1) is 23.3. The summed E-state index contributed by atoms with van der Waals surface area (Å²) in [6.07, 6.45) is 0.320.